The Bertz CT molecular complexity index is 1130. The van der Waals surface area contributed by atoms with Gasteiger partial charge < -0.3 is 24.6 Å². The quantitative estimate of drug-likeness (QED) is 0.759. The average Bonchev–Trinajstić information content (AvgIpc) is 2.79. The van der Waals surface area contributed by atoms with Gasteiger partial charge in [0, 0.05) is 25.2 Å². The molecule has 5 rings (SSSR count). The van der Waals surface area contributed by atoms with E-state index in [9.17, 15) is 23.9 Å². The molecule has 168 valence electrons. The first-order chi connectivity index (χ1) is 15.4. The zero-order valence-electron chi connectivity index (χ0n) is 17.4. The van der Waals surface area contributed by atoms with Crippen molar-refractivity contribution in [3.63, 3.8) is 0 Å². The van der Waals surface area contributed by atoms with Crippen LogP contribution in [0.3, 0.4) is 0 Å². The lowest BCUT2D eigenvalue weighted by molar-refractivity contribution is -0.169. The summed E-state index contributed by atoms with van der Waals surface area (Å²) in [7, 11) is 0. The van der Waals surface area contributed by atoms with E-state index in [4.69, 9.17) is 4.74 Å². The van der Waals surface area contributed by atoms with Crippen molar-refractivity contribution in [3.05, 3.63) is 63.3 Å². The fourth-order valence-corrected chi connectivity index (χ4v) is 4.93. The number of fused-ring (bicyclic) bond motifs is 3. The van der Waals surface area contributed by atoms with Crippen LogP contribution in [0.2, 0.25) is 0 Å². The summed E-state index contributed by atoms with van der Waals surface area (Å²) in [6.45, 7) is 0.862. The first kappa shape index (κ1) is 20.7. The monoisotopic (exact) mass is 441 g/mol. The van der Waals surface area contributed by atoms with Gasteiger partial charge in [-0.15, -0.1) is 0 Å². The number of halogens is 1. The fourth-order valence-electron chi connectivity index (χ4n) is 4.93. The highest BCUT2D eigenvalue weighted by Gasteiger charge is 2.44. The van der Waals surface area contributed by atoms with E-state index in [2.05, 4.69) is 5.32 Å². The van der Waals surface area contributed by atoms with Crippen LogP contribution < -0.4 is 10.7 Å². The molecule has 1 saturated carbocycles. The minimum atomic E-state index is -0.895. The summed E-state index contributed by atoms with van der Waals surface area (Å²) in [4.78, 5) is 40.1. The number of ether oxygens (including phenoxy) is 1. The fraction of sp³-hybridized carbons (Fsp3) is 0.435. The predicted octanol–water partition coefficient (Wildman–Crippen LogP) is 1.99. The molecular weight excluding hydrogens is 417 g/mol. The van der Waals surface area contributed by atoms with E-state index >= 15 is 0 Å². The number of benzene rings is 1. The molecule has 3 atom stereocenters. The van der Waals surface area contributed by atoms with Crippen molar-refractivity contribution >= 4 is 11.8 Å². The number of amides is 2. The molecule has 1 unspecified atom stereocenters. The van der Waals surface area contributed by atoms with Gasteiger partial charge in [-0.05, 0) is 30.5 Å². The zero-order chi connectivity index (χ0) is 22.4. The van der Waals surface area contributed by atoms with Crippen molar-refractivity contribution in [1.82, 2.24) is 14.8 Å². The second-order valence-electron chi connectivity index (χ2n) is 8.66. The number of pyridine rings is 1. The number of carbonyl (C=O) groups excluding carboxylic acids is 2. The lowest BCUT2D eigenvalue weighted by Crippen LogP contribution is -2.59. The molecule has 2 N–H and O–H groups in total. The van der Waals surface area contributed by atoms with E-state index in [1.807, 2.05) is 0 Å². The number of hydrogen-bond donors (Lipinski definition) is 2. The third-order valence-corrected chi connectivity index (χ3v) is 6.63. The summed E-state index contributed by atoms with van der Waals surface area (Å²) < 4.78 is 20.7. The first-order valence-corrected chi connectivity index (χ1v) is 10.9. The van der Waals surface area contributed by atoms with Crippen LogP contribution >= 0.6 is 0 Å². The van der Waals surface area contributed by atoms with Gasteiger partial charge in [0.25, 0.3) is 11.8 Å². The third kappa shape index (κ3) is 3.56. The molecule has 2 amide bonds. The Kier molecular flexibility index (Phi) is 5.21. The molecular formula is C23H24FN3O5. The number of aromatic nitrogens is 1. The van der Waals surface area contributed by atoms with Crippen molar-refractivity contribution < 1.29 is 23.8 Å². The molecule has 3 aliphatic rings. The normalized spacial score (nSPS) is 24.3. The summed E-state index contributed by atoms with van der Waals surface area (Å²) in [6.07, 6.45) is 5.08. The number of nitrogens with one attached hydrogen (secondary N) is 1. The Morgan fingerprint density at radius 1 is 1.16 bits per heavy atom. The summed E-state index contributed by atoms with van der Waals surface area (Å²) in [5, 5.41) is 13.1. The smallest absolute Gasteiger partial charge is 0.276 e. The summed E-state index contributed by atoms with van der Waals surface area (Å²) in [6, 6.07) is 5.61. The van der Waals surface area contributed by atoms with E-state index in [0.717, 1.165) is 25.7 Å². The molecule has 8 nitrogen and oxygen atoms in total. The molecule has 3 heterocycles. The van der Waals surface area contributed by atoms with Crippen LogP contribution in [0.5, 0.6) is 5.75 Å². The van der Waals surface area contributed by atoms with Gasteiger partial charge in [0.1, 0.15) is 11.4 Å². The first-order valence-electron chi connectivity index (χ1n) is 10.9. The van der Waals surface area contributed by atoms with E-state index < -0.39 is 29.2 Å². The van der Waals surface area contributed by atoms with Crippen LogP contribution in [0.25, 0.3) is 0 Å². The topological polar surface area (TPSA) is 101 Å². The van der Waals surface area contributed by atoms with Gasteiger partial charge in [0.2, 0.25) is 5.43 Å². The van der Waals surface area contributed by atoms with Crippen LogP contribution in [-0.2, 0) is 17.8 Å². The maximum atomic E-state index is 13.1. The van der Waals surface area contributed by atoms with Gasteiger partial charge in [-0.3, -0.25) is 14.4 Å². The Hall–Kier alpha value is -3.20. The summed E-state index contributed by atoms with van der Waals surface area (Å²) >= 11 is 0. The maximum Gasteiger partial charge on any atom is 0.276 e. The molecule has 2 aromatic rings. The second kappa shape index (κ2) is 8.05. The van der Waals surface area contributed by atoms with E-state index in [0.29, 0.717) is 12.1 Å². The Balaban J connectivity index is 1.40. The SMILES string of the molecule is O=C(NCc1ccc(F)cc1)c1cn2c(c(O)c1=O)C(=O)N1C[C@@H]3CCCC[C@@H]3OC1C2. The molecule has 1 aromatic heterocycles. The van der Waals surface area contributed by atoms with Crippen LogP contribution in [0.1, 0.15) is 52.1 Å². The van der Waals surface area contributed by atoms with Crippen LogP contribution in [0, 0.1) is 11.7 Å². The Morgan fingerprint density at radius 2 is 1.91 bits per heavy atom. The number of rotatable bonds is 3. The number of nitrogens with zero attached hydrogens (tertiary/aromatic N) is 2. The van der Waals surface area contributed by atoms with Gasteiger partial charge in [-0.2, -0.15) is 0 Å². The molecule has 9 heteroatoms. The highest BCUT2D eigenvalue weighted by atomic mass is 19.1. The lowest BCUT2D eigenvalue weighted by atomic mass is 9.84. The van der Waals surface area contributed by atoms with Crippen LogP contribution in [-0.4, -0.2) is 45.3 Å². The van der Waals surface area contributed by atoms with Crippen molar-refractivity contribution in [2.24, 2.45) is 5.92 Å². The van der Waals surface area contributed by atoms with Crippen LogP contribution in [0.4, 0.5) is 4.39 Å². The number of aromatic hydroxyl groups is 1. The predicted molar refractivity (Wildman–Crippen MR) is 112 cm³/mol. The molecule has 2 fully saturated rings. The Morgan fingerprint density at radius 3 is 2.69 bits per heavy atom. The molecule has 1 aromatic carbocycles. The largest absolute Gasteiger partial charge is 0.503 e. The van der Waals surface area contributed by atoms with Gasteiger partial charge in [0.05, 0.1) is 12.6 Å². The van der Waals surface area contributed by atoms with Gasteiger partial charge in [-0.1, -0.05) is 25.0 Å². The van der Waals surface area contributed by atoms with Crippen LogP contribution in [0.15, 0.2) is 35.3 Å². The minimum Gasteiger partial charge on any atom is -0.503 e. The minimum absolute atomic E-state index is 0.0859. The standard InChI is InChI=1S/C23H24FN3O5/c24-15-7-5-13(6-8-15)9-25-22(30)16-11-26-12-18-27(23(31)19(26)21(29)20(16)28)10-14-3-1-2-4-17(14)32-18/h5-8,11,14,17-18,29H,1-4,9-10,12H2,(H,25,30)/t14-,17-,18?/m0/s1. The van der Waals surface area contributed by atoms with E-state index in [1.54, 1.807) is 4.90 Å². The third-order valence-electron chi connectivity index (χ3n) is 6.63. The van der Waals surface area contributed by atoms with Crippen molar-refractivity contribution in [2.45, 2.75) is 51.1 Å². The highest BCUT2D eigenvalue weighted by molar-refractivity contribution is 5.99. The van der Waals surface area contributed by atoms with E-state index in [-0.39, 0.29) is 42.2 Å². The van der Waals surface area contributed by atoms with Gasteiger partial charge in [-0.25, -0.2) is 4.39 Å². The summed E-state index contributed by atoms with van der Waals surface area (Å²) in [5.74, 6) is -1.99. The Labute approximate surface area is 183 Å². The molecule has 1 aliphatic carbocycles. The molecule has 1 saturated heterocycles. The number of hydrogen-bond acceptors (Lipinski definition) is 5. The molecule has 2 aliphatic heterocycles. The summed E-state index contributed by atoms with van der Waals surface area (Å²) in [5.41, 5.74) is -0.612. The molecule has 0 radical (unpaired) electrons. The van der Waals surface area contributed by atoms with Crippen molar-refractivity contribution in [2.75, 3.05) is 6.54 Å². The highest BCUT2D eigenvalue weighted by Crippen LogP contribution is 2.36. The van der Waals surface area contributed by atoms with Gasteiger partial charge in [0.15, 0.2) is 17.7 Å². The van der Waals surface area contributed by atoms with Crippen molar-refractivity contribution in [3.8, 4) is 5.75 Å². The lowest BCUT2D eigenvalue weighted by Gasteiger charge is -2.48. The number of carbonyl (C=O) groups is 2. The molecule has 0 spiro atoms. The van der Waals surface area contributed by atoms with E-state index in [1.165, 1.54) is 35.0 Å². The van der Waals surface area contributed by atoms with Gasteiger partial charge >= 0.3 is 0 Å². The zero-order valence-corrected chi connectivity index (χ0v) is 17.4. The molecule has 32 heavy (non-hydrogen) atoms. The second-order valence-corrected chi connectivity index (χ2v) is 8.66. The molecule has 0 bridgehead atoms. The maximum absolute atomic E-state index is 13.1. The average molecular weight is 441 g/mol. The van der Waals surface area contributed by atoms with Crippen molar-refractivity contribution in [1.29, 1.82) is 0 Å².